The second-order valence-electron chi connectivity index (χ2n) is 4.07. The van der Waals surface area contributed by atoms with Crippen LogP contribution in [0.4, 0.5) is 4.39 Å². The maximum absolute atomic E-state index is 13.4. The smallest absolute Gasteiger partial charge is 0.127 e. The molecule has 0 spiro atoms. The molecule has 1 aliphatic rings. The fraction of sp³-hybridized carbons (Fsp3) is 0.455. The van der Waals surface area contributed by atoms with Crippen molar-refractivity contribution in [3.63, 3.8) is 0 Å². The molecule has 2 rings (SSSR count). The molecule has 1 aromatic carbocycles. The lowest BCUT2D eigenvalue weighted by Gasteiger charge is -2.38. The molecular formula is C11H13ClFN. The highest BCUT2D eigenvalue weighted by Gasteiger charge is 2.35. The SMILES string of the molecule is Cc1c(F)cc(C2(N)CCC2)cc1Cl. The Morgan fingerprint density at radius 3 is 2.50 bits per heavy atom. The van der Waals surface area contributed by atoms with E-state index in [1.165, 1.54) is 6.07 Å². The van der Waals surface area contributed by atoms with Gasteiger partial charge in [0.2, 0.25) is 0 Å². The summed E-state index contributed by atoms with van der Waals surface area (Å²) in [5, 5.41) is 0.469. The first-order valence-corrected chi connectivity index (χ1v) is 5.16. The first-order chi connectivity index (χ1) is 6.53. The van der Waals surface area contributed by atoms with Crippen molar-refractivity contribution in [3.05, 3.63) is 34.1 Å². The van der Waals surface area contributed by atoms with Gasteiger partial charge < -0.3 is 5.73 Å². The highest BCUT2D eigenvalue weighted by molar-refractivity contribution is 6.31. The molecule has 0 aromatic heterocycles. The molecule has 2 N–H and O–H groups in total. The Morgan fingerprint density at radius 2 is 2.07 bits per heavy atom. The Labute approximate surface area is 88.1 Å². The predicted molar refractivity (Wildman–Crippen MR) is 55.9 cm³/mol. The van der Waals surface area contributed by atoms with Crippen molar-refractivity contribution in [2.75, 3.05) is 0 Å². The number of nitrogens with two attached hydrogens (primary N) is 1. The molecule has 0 saturated heterocycles. The molecule has 0 radical (unpaired) electrons. The summed E-state index contributed by atoms with van der Waals surface area (Å²) in [5.74, 6) is -0.260. The maximum atomic E-state index is 13.4. The molecule has 1 aliphatic carbocycles. The summed E-state index contributed by atoms with van der Waals surface area (Å²) in [4.78, 5) is 0. The molecule has 76 valence electrons. The predicted octanol–water partition coefficient (Wildman–Crippen LogP) is 3.13. The third-order valence-electron chi connectivity index (χ3n) is 3.10. The molecule has 0 unspecified atom stereocenters. The summed E-state index contributed by atoms with van der Waals surface area (Å²) < 4.78 is 13.4. The second-order valence-corrected chi connectivity index (χ2v) is 4.48. The van der Waals surface area contributed by atoms with Crippen molar-refractivity contribution >= 4 is 11.6 Å². The van der Waals surface area contributed by atoms with E-state index in [9.17, 15) is 4.39 Å². The number of hydrogen-bond acceptors (Lipinski definition) is 1. The van der Waals surface area contributed by atoms with Crippen LogP contribution in [0, 0.1) is 12.7 Å². The zero-order valence-corrected chi connectivity index (χ0v) is 8.87. The lowest BCUT2D eigenvalue weighted by molar-refractivity contribution is 0.253. The van der Waals surface area contributed by atoms with Crippen LogP contribution >= 0.6 is 11.6 Å². The number of halogens is 2. The highest BCUT2D eigenvalue weighted by atomic mass is 35.5. The highest BCUT2D eigenvalue weighted by Crippen LogP contribution is 2.40. The summed E-state index contributed by atoms with van der Waals surface area (Å²) in [6, 6.07) is 3.31. The van der Waals surface area contributed by atoms with E-state index in [2.05, 4.69) is 0 Å². The Hall–Kier alpha value is -0.600. The van der Waals surface area contributed by atoms with Crippen molar-refractivity contribution in [2.24, 2.45) is 5.73 Å². The Balaban J connectivity index is 2.45. The minimum atomic E-state index is -0.335. The van der Waals surface area contributed by atoms with Gasteiger partial charge >= 0.3 is 0 Å². The number of hydrogen-bond donors (Lipinski definition) is 1. The molecule has 0 aliphatic heterocycles. The lowest BCUT2D eigenvalue weighted by Crippen LogP contribution is -2.43. The quantitative estimate of drug-likeness (QED) is 0.762. The van der Waals surface area contributed by atoms with E-state index in [0.717, 1.165) is 24.8 Å². The first-order valence-electron chi connectivity index (χ1n) is 4.78. The van der Waals surface area contributed by atoms with Crippen molar-refractivity contribution in [1.82, 2.24) is 0 Å². The van der Waals surface area contributed by atoms with Gasteiger partial charge in [-0.3, -0.25) is 0 Å². The summed E-state index contributed by atoms with van der Waals surface area (Å²) >= 11 is 5.91. The molecule has 1 fully saturated rings. The summed E-state index contributed by atoms with van der Waals surface area (Å²) in [6.45, 7) is 1.67. The van der Waals surface area contributed by atoms with Gasteiger partial charge in [0.05, 0.1) is 0 Å². The topological polar surface area (TPSA) is 26.0 Å². The van der Waals surface area contributed by atoms with Crippen LogP contribution in [0.5, 0.6) is 0 Å². The van der Waals surface area contributed by atoms with E-state index in [4.69, 9.17) is 17.3 Å². The van der Waals surface area contributed by atoms with Crippen molar-refractivity contribution in [2.45, 2.75) is 31.7 Å². The fourth-order valence-electron chi connectivity index (χ4n) is 1.78. The Bertz CT molecular complexity index is 349. The monoisotopic (exact) mass is 213 g/mol. The number of benzene rings is 1. The minimum Gasteiger partial charge on any atom is -0.321 e. The Kier molecular flexibility index (Phi) is 2.28. The zero-order chi connectivity index (χ0) is 10.3. The van der Waals surface area contributed by atoms with E-state index in [-0.39, 0.29) is 11.4 Å². The van der Waals surface area contributed by atoms with Gasteiger partial charge in [0, 0.05) is 16.1 Å². The average Bonchev–Trinajstić information content (AvgIpc) is 2.09. The van der Waals surface area contributed by atoms with Gasteiger partial charge in [-0.2, -0.15) is 0 Å². The summed E-state index contributed by atoms with van der Waals surface area (Å²) in [6.07, 6.45) is 2.96. The van der Waals surface area contributed by atoms with Crippen LogP contribution in [-0.4, -0.2) is 0 Å². The van der Waals surface area contributed by atoms with E-state index in [1.54, 1.807) is 13.0 Å². The lowest BCUT2D eigenvalue weighted by atomic mass is 9.72. The molecule has 3 heteroatoms. The van der Waals surface area contributed by atoms with Gasteiger partial charge in [-0.15, -0.1) is 0 Å². The maximum Gasteiger partial charge on any atom is 0.127 e. The third kappa shape index (κ3) is 1.43. The van der Waals surface area contributed by atoms with E-state index < -0.39 is 0 Å². The molecule has 1 aromatic rings. The van der Waals surface area contributed by atoms with Gasteiger partial charge in [0.1, 0.15) is 5.82 Å². The minimum absolute atomic E-state index is 0.260. The molecular weight excluding hydrogens is 201 g/mol. The van der Waals surface area contributed by atoms with Crippen LogP contribution in [0.25, 0.3) is 0 Å². The molecule has 0 heterocycles. The van der Waals surface area contributed by atoms with Crippen LogP contribution in [-0.2, 0) is 5.54 Å². The summed E-state index contributed by atoms with van der Waals surface area (Å²) in [7, 11) is 0. The van der Waals surface area contributed by atoms with Gasteiger partial charge in [-0.05, 0) is 43.9 Å². The molecule has 1 saturated carbocycles. The molecule has 1 nitrogen and oxygen atoms in total. The van der Waals surface area contributed by atoms with E-state index in [0.29, 0.717) is 10.6 Å². The molecule has 0 amide bonds. The normalized spacial score (nSPS) is 19.1. The van der Waals surface area contributed by atoms with Gasteiger partial charge in [0.15, 0.2) is 0 Å². The van der Waals surface area contributed by atoms with Crippen molar-refractivity contribution < 1.29 is 4.39 Å². The molecule has 14 heavy (non-hydrogen) atoms. The number of rotatable bonds is 1. The molecule has 0 bridgehead atoms. The first kappa shape index (κ1) is 9.94. The van der Waals surface area contributed by atoms with Gasteiger partial charge in [-0.25, -0.2) is 4.39 Å². The van der Waals surface area contributed by atoms with Gasteiger partial charge in [0.25, 0.3) is 0 Å². The standard InChI is InChI=1S/C11H13ClFN/c1-7-9(12)5-8(6-10(7)13)11(14)3-2-4-11/h5-6H,2-4,14H2,1H3. The van der Waals surface area contributed by atoms with Crippen LogP contribution in [0.1, 0.15) is 30.4 Å². The Morgan fingerprint density at radius 1 is 1.43 bits per heavy atom. The second kappa shape index (κ2) is 3.21. The van der Waals surface area contributed by atoms with E-state index in [1.807, 2.05) is 0 Å². The van der Waals surface area contributed by atoms with Gasteiger partial charge in [-0.1, -0.05) is 11.6 Å². The van der Waals surface area contributed by atoms with Crippen LogP contribution in [0.2, 0.25) is 5.02 Å². The van der Waals surface area contributed by atoms with E-state index >= 15 is 0 Å². The third-order valence-corrected chi connectivity index (χ3v) is 3.49. The van der Waals surface area contributed by atoms with Crippen LogP contribution in [0.15, 0.2) is 12.1 Å². The molecule has 0 atom stereocenters. The zero-order valence-electron chi connectivity index (χ0n) is 8.11. The average molecular weight is 214 g/mol. The summed E-state index contributed by atoms with van der Waals surface area (Å²) in [5.41, 5.74) is 7.08. The van der Waals surface area contributed by atoms with Crippen molar-refractivity contribution in [1.29, 1.82) is 0 Å². The van der Waals surface area contributed by atoms with Crippen LogP contribution in [0.3, 0.4) is 0 Å². The fourth-order valence-corrected chi connectivity index (χ4v) is 1.99. The van der Waals surface area contributed by atoms with Crippen LogP contribution < -0.4 is 5.73 Å². The van der Waals surface area contributed by atoms with Crippen molar-refractivity contribution in [3.8, 4) is 0 Å². The largest absolute Gasteiger partial charge is 0.321 e.